The maximum atomic E-state index is 5.94. The molecule has 6 heteroatoms. The summed E-state index contributed by atoms with van der Waals surface area (Å²) in [6.45, 7) is 4.32. The number of hydrogen-bond acceptors (Lipinski definition) is 4. The molecule has 0 saturated heterocycles. The summed E-state index contributed by atoms with van der Waals surface area (Å²) in [4.78, 5) is 0. The molecule has 1 heterocycles. The van der Waals surface area contributed by atoms with Crippen molar-refractivity contribution in [2.75, 3.05) is 13.2 Å². The quantitative estimate of drug-likeness (QED) is 0.542. The van der Waals surface area contributed by atoms with Crippen molar-refractivity contribution in [2.24, 2.45) is 5.92 Å². The van der Waals surface area contributed by atoms with Crippen LogP contribution in [0.15, 0.2) is 0 Å². The Balaban J connectivity index is 1.65. The second kappa shape index (κ2) is 5.59. The van der Waals surface area contributed by atoms with E-state index in [0.717, 1.165) is 37.9 Å². The topological polar surface area (TPSA) is 52.8 Å². The van der Waals surface area contributed by atoms with E-state index in [1.54, 1.807) is 4.68 Å². The molecule has 1 aliphatic carbocycles. The summed E-state index contributed by atoms with van der Waals surface area (Å²) in [7, 11) is 0. The third-order valence-electron chi connectivity index (χ3n) is 2.62. The molecular weight excluding hydrogens is 228 g/mol. The number of aryl methyl sites for hydroxylation is 1. The highest BCUT2D eigenvalue weighted by Crippen LogP contribution is 2.28. The van der Waals surface area contributed by atoms with Gasteiger partial charge in [-0.1, -0.05) is 0 Å². The van der Waals surface area contributed by atoms with Gasteiger partial charge in [0, 0.05) is 19.8 Å². The molecule has 1 aliphatic rings. The number of aromatic nitrogens is 4. The third kappa shape index (κ3) is 3.42. The van der Waals surface area contributed by atoms with Gasteiger partial charge in [0.15, 0.2) is 5.82 Å². The molecule has 1 fully saturated rings. The first-order valence-corrected chi connectivity index (χ1v) is 6.19. The summed E-state index contributed by atoms with van der Waals surface area (Å²) in [5.74, 6) is 1.55. The molecule has 2 rings (SSSR count). The number of rotatable bonds is 7. The van der Waals surface area contributed by atoms with Gasteiger partial charge in [-0.25, -0.2) is 4.68 Å². The van der Waals surface area contributed by atoms with Gasteiger partial charge in [-0.3, -0.25) is 0 Å². The van der Waals surface area contributed by atoms with Crippen LogP contribution >= 0.6 is 11.6 Å². The zero-order valence-electron chi connectivity index (χ0n) is 9.47. The first kappa shape index (κ1) is 11.8. The average molecular weight is 245 g/mol. The Hall–Kier alpha value is -0.680. The van der Waals surface area contributed by atoms with E-state index in [1.165, 1.54) is 12.8 Å². The van der Waals surface area contributed by atoms with Crippen LogP contribution in [0.2, 0.25) is 0 Å². The van der Waals surface area contributed by atoms with Crippen LogP contribution in [-0.4, -0.2) is 33.4 Å². The summed E-state index contributed by atoms with van der Waals surface area (Å²) in [6, 6.07) is 0. The van der Waals surface area contributed by atoms with Crippen LogP contribution in [0.1, 0.15) is 37.4 Å². The zero-order valence-corrected chi connectivity index (χ0v) is 10.2. The van der Waals surface area contributed by atoms with Crippen LogP contribution in [0.5, 0.6) is 0 Å². The Bertz CT molecular complexity index is 324. The van der Waals surface area contributed by atoms with Crippen molar-refractivity contribution in [1.82, 2.24) is 20.2 Å². The van der Waals surface area contributed by atoms with Crippen LogP contribution in [0.25, 0.3) is 0 Å². The second-order valence-electron chi connectivity index (χ2n) is 4.25. The highest BCUT2D eigenvalue weighted by Gasteiger charge is 2.20. The van der Waals surface area contributed by atoms with Crippen molar-refractivity contribution in [3.05, 3.63) is 5.82 Å². The summed E-state index contributed by atoms with van der Waals surface area (Å²) in [5, 5.41) is 11.2. The minimum absolute atomic E-state index is 0.151. The van der Waals surface area contributed by atoms with E-state index >= 15 is 0 Å². The molecule has 0 amide bonds. The zero-order chi connectivity index (χ0) is 11.4. The van der Waals surface area contributed by atoms with E-state index < -0.39 is 0 Å². The molecule has 0 aliphatic heterocycles. The van der Waals surface area contributed by atoms with Crippen molar-refractivity contribution in [3.63, 3.8) is 0 Å². The second-order valence-corrected chi connectivity index (χ2v) is 4.90. The van der Waals surface area contributed by atoms with Crippen LogP contribution in [0, 0.1) is 5.92 Å². The third-order valence-corrected chi connectivity index (χ3v) is 2.82. The molecule has 1 aromatic heterocycles. The van der Waals surface area contributed by atoms with E-state index in [9.17, 15) is 0 Å². The van der Waals surface area contributed by atoms with Crippen molar-refractivity contribution in [3.8, 4) is 0 Å². The van der Waals surface area contributed by atoms with Crippen LogP contribution < -0.4 is 0 Å². The van der Waals surface area contributed by atoms with Gasteiger partial charge in [0.2, 0.25) is 0 Å². The maximum absolute atomic E-state index is 5.94. The van der Waals surface area contributed by atoms with Crippen molar-refractivity contribution in [1.29, 1.82) is 0 Å². The first-order chi connectivity index (χ1) is 7.77. The summed E-state index contributed by atoms with van der Waals surface area (Å²) < 4.78 is 7.29. The molecule has 1 unspecified atom stereocenters. The lowest BCUT2D eigenvalue weighted by molar-refractivity contribution is 0.118. The largest absolute Gasteiger partial charge is 0.381 e. The first-order valence-electron chi connectivity index (χ1n) is 5.75. The minimum atomic E-state index is -0.151. The van der Waals surface area contributed by atoms with Crippen LogP contribution in [0.4, 0.5) is 0 Å². The lowest BCUT2D eigenvalue weighted by Crippen LogP contribution is -2.09. The highest BCUT2D eigenvalue weighted by atomic mass is 35.5. The van der Waals surface area contributed by atoms with Gasteiger partial charge in [0.1, 0.15) is 0 Å². The van der Waals surface area contributed by atoms with Gasteiger partial charge in [-0.2, -0.15) is 0 Å². The fourth-order valence-corrected chi connectivity index (χ4v) is 1.66. The molecule has 0 bridgehead atoms. The van der Waals surface area contributed by atoms with Gasteiger partial charge in [-0.05, 0) is 42.5 Å². The minimum Gasteiger partial charge on any atom is -0.381 e. The molecule has 1 atom stereocenters. The smallest absolute Gasteiger partial charge is 0.168 e. The molecule has 5 nitrogen and oxygen atoms in total. The van der Waals surface area contributed by atoms with E-state index in [1.807, 2.05) is 6.92 Å². The molecule has 0 spiro atoms. The monoisotopic (exact) mass is 244 g/mol. The SMILES string of the molecule is CC(Cl)c1nnnn1CCCOCC1CC1. The fraction of sp³-hybridized carbons (Fsp3) is 0.900. The Morgan fingerprint density at radius 2 is 2.38 bits per heavy atom. The number of hydrogen-bond donors (Lipinski definition) is 0. The Morgan fingerprint density at radius 3 is 3.06 bits per heavy atom. The number of alkyl halides is 1. The number of nitrogens with zero attached hydrogens (tertiary/aromatic N) is 4. The number of halogens is 1. The van der Waals surface area contributed by atoms with E-state index in [-0.39, 0.29) is 5.38 Å². The Morgan fingerprint density at radius 1 is 1.56 bits per heavy atom. The van der Waals surface area contributed by atoms with Crippen molar-refractivity contribution >= 4 is 11.6 Å². The van der Waals surface area contributed by atoms with Crippen molar-refractivity contribution < 1.29 is 4.74 Å². The lowest BCUT2D eigenvalue weighted by Gasteiger charge is -2.06. The van der Waals surface area contributed by atoms with Gasteiger partial charge in [0.05, 0.1) is 5.38 Å². The van der Waals surface area contributed by atoms with E-state index in [4.69, 9.17) is 16.3 Å². The van der Waals surface area contributed by atoms with E-state index in [0.29, 0.717) is 0 Å². The number of tetrazole rings is 1. The molecule has 0 aromatic carbocycles. The van der Waals surface area contributed by atoms with E-state index in [2.05, 4.69) is 15.5 Å². The van der Waals surface area contributed by atoms with Crippen LogP contribution in [0.3, 0.4) is 0 Å². The molecule has 0 radical (unpaired) electrons. The molecular formula is C10H17ClN4O. The van der Waals surface area contributed by atoms with Gasteiger partial charge in [0.25, 0.3) is 0 Å². The van der Waals surface area contributed by atoms with Gasteiger partial charge in [-0.15, -0.1) is 16.7 Å². The number of ether oxygens (including phenoxy) is 1. The highest BCUT2D eigenvalue weighted by molar-refractivity contribution is 6.20. The molecule has 1 saturated carbocycles. The lowest BCUT2D eigenvalue weighted by atomic mass is 10.4. The molecule has 90 valence electrons. The predicted molar refractivity (Wildman–Crippen MR) is 60.2 cm³/mol. The Labute approximate surface area is 100 Å². The molecule has 16 heavy (non-hydrogen) atoms. The summed E-state index contributed by atoms with van der Waals surface area (Å²) in [5.41, 5.74) is 0. The standard InChI is InChI=1S/C10H17ClN4O/c1-8(11)10-12-13-14-15(10)5-2-6-16-7-9-3-4-9/h8-9H,2-7H2,1H3. The van der Waals surface area contributed by atoms with Gasteiger partial charge < -0.3 is 4.74 Å². The molecule has 1 aromatic rings. The molecule has 0 N–H and O–H groups in total. The summed E-state index contributed by atoms with van der Waals surface area (Å²) >= 11 is 5.94. The fourth-order valence-electron chi connectivity index (χ4n) is 1.51. The normalized spacial score (nSPS) is 17.6. The maximum Gasteiger partial charge on any atom is 0.168 e. The average Bonchev–Trinajstić information content (AvgIpc) is 2.94. The Kier molecular flexibility index (Phi) is 4.12. The van der Waals surface area contributed by atoms with Crippen molar-refractivity contribution in [2.45, 2.75) is 38.1 Å². The summed E-state index contributed by atoms with van der Waals surface area (Å²) in [6.07, 6.45) is 3.59. The van der Waals surface area contributed by atoms with Crippen LogP contribution in [-0.2, 0) is 11.3 Å². The predicted octanol–water partition coefficient (Wildman–Crippen LogP) is 1.79. The van der Waals surface area contributed by atoms with Gasteiger partial charge >= 0.3 is 0 Å².